The van der Waals surface area contributed by atoms with E-state index < -0.39 is 33.3 Å². The van der Waals surface area contributed by atoms with Gasteiger partial charge in [-0.15, -0.1) is 0 Å². The summed E-state index contributed by atoms with van der Waals surface area (Å²) in [5, 5.41) is 2.76. The number of carbonyl (C=O) groups excluding carboxylic acids is 2. The summed E-state index contributed by atoms with van der Waals surface area (Å²) in [4.78, 5) is 23.6. The molecule has 3 N–H and O–H groups in total. The zero-order valence-corrected chi connectivity index (χ0v) is 15.8. The highest BCUT2D eigenvalue weighted by Crippen LogP contribution is 2.18. The van der Waals surface area contributed by atoms with Crippen molar-refractivity contribution in [2.75, 3.05) is 11.1 Å². The Morgan fingerprint density at radius 3 is 2.38 bits per heavy atom. The van der Waals surface area contributed by atoms with E-state index in [-0.39, 0.29) is 10.5 Å². The van der Waals surface area contributed by atoms with Crippen LogP contribution in [0.25, 0.3) is 0 Å². The van der Waals surface area contributed by atoms with E-state index in [2.05, 4.69) is 5.32 Å². The minimum Gasteiger partial charge on any atom is -0.369 e. The minimum atomic E-state index is -3.73. The molecule has 138 valence electrons. The van der Waals surface area contributed by atoms with Crippen molar-refractivity contribution in [1.82, 2.24) is 0 Å². The summed E-state index contributed by atoms with van der Waals surface area (Å²) in [6.07, 6.45) is 0. The van der Waals surface area contributed by atoms with Gasteiger partial charge in [-0.05, 0) is 55.3 Å². The molecule has 6 nitrogen and oxygen atoms in total. The Hall–Kier alpha value is -2.67. The number of primary amides is 1. The molecule has 0 saturated heterocycles. The van der Waals surface area contributed by atoms with Gasteiger partial charge < -0.3 is 11.1 Å². The number of rotatable bonds is 6. The van der Waals surface area contributed by atoms with Crippen molar-refractivity contribution in [2.24, 2.45) is 11.7 Å². The molecule has 0 fully saturated rings. The molecule has 2 aromatic rings. The molecule has 2 amide bonds. The lowest BCUT2D eigenvalue weighted by molar-refractivity contribution is -0.120. The Morgan fingerprint density at radius 1 is 1.08 bits per heavy atom. The number of hydrogen-bond acceptors (Lipinski definition) is 4. The molecule has 0 heterocycles. The zero-order chi connectivity index (χ0) is 19.5. The van der Waals surface area contributed by atoms with Gasteiger partial charge in [-0.25, -0.2) is 8.42 Å². The van der Waals surface area contributed by atoms with Crippen molar-refractivity contribution in [3.63, 3.8) is 0 Å². The van der Waals surface area contributed by atoms with Gasteiger partial charge >= 0.3 is 0 Å². The number of anilines is 1. The van der Waals surface area contributed by atoms with Crippen LogP contribution in [-0.4, -0.2) is 26.0 Å². The second kappa shape index (κ2) is 7.70. The summed E-state index contributed by atoms with van der Waals surface area (Å²) in [5.41, 5.74) is 8.14. The summed E-state index contributed by atoms with van der Waals surface area (Å²) in [6.45, 7) is 5.37. The van der Waals surface area contributed by atoms with Crippen molar-refractivity contribution in [2.45, 2.75) is 25.7 Å². The van der Waals surface area contributed by atoms with E-state index in [1.807, 2.05) is 26.0 Å². The number of sulfone groups is 1. The molecule has 1 atom stereocenters. The molecule has 0 radical (unpaired) electrons. The standard InChI is InChI=1S/C19H22N2O4S/c1-12-7-8-16(9-13(12)2)21-19(23)15-5-4-6-17(10-15)26(24,25)11-14(3)18(20)22/h4-10,14H,11H2,1-3H3,(H2,20,22)(H,21,23)/t14-/m1/s1. The van der Waals surface area contributed by atoms with Gasteiger partial charge in [0.05, 0.1) is 10.6 Å². The van der Waals surface area contributed by atoms with Gasteiger partial charge in [0.15, 0.2) is 9.84 Å². The first-order chi connectivity index (χ1) is 12.1. The van der Waals surface area contributed by atoms with Crippen LogP contribution in [0.15, 0.2) is 47.4 Å². The molecular weight excluding hydrogens is 352 g/mol. The maximum absolute atomic E-state index is 12.4. The van der Waals surface area contributed by atoms with Gasteiger partial charge in [0.25, 0.3) is 5.91 Å². The molecular formula is C19H22N2O4S. The maximum atomic E-state index is 12.4. The minimum absolute atomic E-state index is 0.0154. The fraction of sp³-hybridized carbons (Fsp3) is 0.263. The summed E-state index contributed by atoms with van der Waals surface area (Å²) < 4.78 is 24.8. The molecule has 7 heteroatoms. The molecule has 2 aromatic carbocycles. The van der Waals surface area contributed by atoms with E-state index in [1.165, 1.54) is 31.2 Å². The van der Waals surface area contributed by atoms with E-state index >= 15 is 0 Å². The smallest absolute Gasteiger partial charge is 0.255 e. The van der Waals surface area contributed by atoms with Gasteiger partial charge in [0.1, 0.15) is 0 Å². The number of aryl methyl sites for hydroxylation is 2. The fourth-order valence-corrected chi connectivity index (χ4v) is 3.97. The molecule has 2 rings (SSSR count). The maximum Gasteiger partial charge on any atom is 0.255 e. The van der Waals surface area contributed by atoms with Gasteiger partial charge in [0, 0.05) is 17.2 Å². The fourth-order valence-electron chi connectivity index (χ4n) is 2.36. The van der Waals surface area contributed by atoms with E-state index in [0.717, 1.165) is 11.1 Å². The number of benzene rings is 2. The van der Waals surface area contributed by atoms with Gasteiger partial charge in [0.2, 0.25) is 5.91 Å². The molecule has 0 saturated carbocycles. The summed E-state index contributed by atoms with van der Waals surface area (Å²) in [7, 11) is -3.73. The van der Waals surface area contributed by atoms with Crippen LogP contribution in [0.3, 0.4) is 0 Å². The van der Waals surface area contributed by atoms with E-state index in [0.29, 0.717) is 5.69 Å². The molecule has 0 aliphatic heterocycles. The van der Waals surface area contributed by atoms with Crippen molar-refractivity contribution >= 4 is 27.3 Å². The highest BCUT2D eigenvalue weighted by molar-refractivity contribution is 7.91. The SMILES string of the molecule is Cc1ccc(NC(=O)c2cccc(S(=O)(=O)C[C@@H](C)C(N)=O)c2)cc1C. The average molecular weight is 374 g/mol. The molecule has 0 aromatic heterocycles. The van der Waals surface area contributed by atoms with Crippen molar-refractivity contribution < 1.29 is 18.0 Å². The second-order valence-electron chi connectivity index (χ2n) is 6.37. The van der Waals surface area contributed by atoms with Crippen LogP contribution in [0.5, 0.6) is 0 Å². The number of carbonyl (C=O) groups is 2. The third-order valence-electron chi connectivity index (χ3n) is 4.18. The molecule has 0 bridgehead atoms. The topological polar surface area (TPSA) is 106 Å². The average Bonchev–Trinajstić information content (AvgIpc) is 2.58. The first kappa shape index (κ1) is 19.7. The summed E-state index contributed by atoms with van der Waals surface area (Å²) in [6, 6.07) is 11.3. The van der Waals surface area contributed by atoms with E-state index in [9.17, 15) is 18.0 Å². The molecule has 0 aliphatic carbocycles. The highest BCUT2D eigenvalue weighted by Gasteiger charge is 2.22. The van der Waals surface area contributed by atoms with Crippen LogP contribution >= 0.6 is 0 Å². The van der Waals surface area contributed by atoms with Crippen LogP contribution in [0.4, 0.5) is 5.69 Å². The molecule has 0 spiro atoms. The molecule has 26 heavy (non-hydrogen) atoms. The number of nitrogens with two attached hydrogens (primary N) is 1. The third kappa shape index (κ3) is 4.70. The Kier molecular flexibility index (Phi) is 5.82. The predicted octanol–water partition coefficient (Wildman–Crippen LogP) is 2.45. The summed E-state index contributed by atoms with van der Waals surface area (Å²) >= 11 is 0. The van der Waals surface area contributed by atoms with Crippen LogP contribution < -0.4 is 11.1 Å². The zero-order valence-electron chi connectivity index (χ0n) is 14.9. The quantitative estimate of drug-likeness (QED) is 0.810. The lowest BCUT2D eigenvalue weighted by atomic mass is 10.1. The van der Waals surface area contributed by atoms with E-state index in [1.54, 1.807) is 6.07 Å². The first-order valence-corrected chi connectivity index (χ1v) is 9.76. The van der Waals surface area contributed by atoms with Gasteiger partial charge in [-0.3, -0.25) is 9.59 Å². The Balaban J connectivity index is 2.23. The van der Waals surface area contributed by atoms with Gasteiger partial charge in [-0.2, -0.15) is 0 Å². The Labute approximate surface area is 153 Å². The van der Waals surface area contributed by atoms with Crippen LogP contribution in [-0.2, 0) is 14.6 Å². The van der Waals surface area contributed by atoms with Crippen molar-refractivity contribution in [1.29, 1.82) is 0 Å². The van der Waals surface area contributed by atoms with Crippen molar-refractivity contribution in [3.05, 3.63) is 59.2 Å². The number of nitrogens with one attached hydrogen (secondary N) is 1. The lowest BCUT2D eigenvalue weighted by Crippen LogP contribution is -2.27. The third-order valence-corrected chi connectivity index (χ3v) is 6.09. The highest BCUT2D eigenvalue weighted by atomic mass is 32.2. The van der Waals surface area contributed by atoms with E-state index in [4.69, 9.17) is 5.73 Å². The Bertz CT molecular complexity index is 952. The van der Waals surface area contributed by atoms with Crippen molar-refractivity contribution in [3.8, 4) is 0 Å². The second-order valence-corrected chi connectivity index (χ2v) is 8.40. The first-order valence-electron chi connectivity index (χ1n) is 8.11. The number of amides is 2. The molecule has 0 aliphatic rings. The van der Waals surface area contributed by atoms with Crippen LogP contribution in [0.1, 0.15) is 28.4 Å². The largest absolute Gasteiger partial charge is 0.369 e. The van der Waals surface area contributed by atoms with Crippen LogP contribution in [0, 0.1) is 19.8 Å². The summed E-state index contributed by atoms with van der Waals surface area (Å²) in [5.74, 6) is -2.30. The van der Waals surface area contributed by atoms with Gasteiger partial charge in [-0.1, -0.05) is 19.1 Å². The normalized spacial score (nSPS) is 12.4. The monoisotopic (exact) mass is 374 g/mol. The lowest BCUT2D eigenvalue weighted by Gasteiger charge is -2.11. The predicted molar refractivity (Wildman–Crippen MR) is 101 cm³/mol. The molecule has 0 unspecified atom stereocenters. The Morgan fingerprint density at radius 2 is 1.77 bits per heavy atom. The van der Waals surface area contributed by atoms with Crippen LogP contribution in [0.2, 0.25) is 0 Å². The number of hydrogen-bond donors (Lipinski definition) is 2.